The molecule has 0 unspecified atom stereocenters. The van der Waals surface area contributed by atoms with Gasteiger partial charge in [0.05, 0.1) is 21.8 Å². The summed E-state index contributed by atoms with van der Waals surface area (Å²) in [5.74, 6) is 0.125. The highest BCUT2D eigenvalue weighted by Crippen LogP contribution is 2.38. The normalized spacial score (nSPS) is 11.9. The molecule has 0 spiro atoms. The van der Waals surface area contributed by atoms with E-state index in [1.165, 1.54) is 0 Å². The maximum atomic E-state index is 13.3. The molecule has 0 radical (unpaired) electrons. The van der Waals surface area contributed by atoms with Gasteiger partial charge >= 0.3 is 0 Å². The van der Waals surface area contributed by atoms with Crippen LogP contribution in [0.15, 0.2) is 82.4 Å². The monoisotopic (exact) mass is 375 g/mol. The minimum atomic E-state index is -0.127. The van der Waals surface area contributed by atoms with Gasteiger partial charge in [-0.3, -0.25) is 9.59 Å². The van der Waals surface area contributed by atoms with Gasteiger partial charge in [-0.2, -0.15) is 0 Å². The average Bonchev–Trinajstić information content (AvgIpc) is 3.21. The Kier molecular flexibility index (Phi) is 3.02. The molecule has 0 saturated carbocycles. The van der Waals surface area contributed by atoms with Crippen LogP contribution < -0.4 is 10.9 Å². The molecule has 0 fully saturated rings. The largest absolute Gasteiger partial charge is 0.508 e. The molecule has 6 aromatic rings. The van der Waals surface area contributed by atoms with E-state index in [-0.39, 0.29) is 16.6 Å². The van der Waals surface area contributed by atoms with Crippen molar-refractivity contribution in [2.75, 3.05) is 0 Å². The van der Waals surface area contributed by atoms with Crippen molar-refractivity contribution in [3.05, 3.63) is 93.2 Å². The molecule has 5 aromatic carbocycles. The first-order valence-electron chi connectivity index (χ1n) is 9.31. The highest BCUT2D eigenvalue weighted by Gasteiger charge is 2.23. The number of phenolic OH excluding ortho intramolecular Hbond substituents is 1. The first-order valence-corrected chi connectivity index (χ1v) is 9.31. The number of phenols is 1. The van der Waals surface area contributed by atoms with E-state index in [1.807, 2.05) is 36.4 Å². The number of hydrogen-bond donors (Lipinski definition) is 1. The van der Waals surface area contributed by atoms with Crippen molar-refractivity contribution in [3.8, 4) is 16.9 Å². The number of rotatable bonds is 1. The number of fused-ring (bicyclic) bond motifs is 6. The summed E-state index contributed by atoms with van der Waals surface area (Å²) in [7, 11) is 0. The molecule has 29 heavy (non-hydrogen) atoms. The molecule has 0 aliphatic carbocycles. The molecule has 4 nitrogen and oxygen atoms in total. The van der Waals surface area contributed by atoms with Gasteiger partial charge in [-0.1, -0.05) is 60.7 Å². The average molecular weight is 375 g/mol. The number of benzene rings is 3. The molecular formula is C25H13NO3. The summed E-state index contributed by atoms with van der Waals surface area (Å²) < 4.78 is 0. The van der Waals surface area contributed by atoms with E-state index in [0.717, 1.165) is 10.8 Å². The molecule has 136 valence electrons. The Balaban J connectivity index is 1.98. The van der Waals surface area contributed by atoms with Crippen LogP contribution in [0.3, 0.4) is 0 Å². The second-order valence-corrected chi connectivity index (χ2v) is 7.23. The predicted molar refractivity (Wildman–Crippen MR) is 116 cm³/mol. The van der Waals surface area contributed by atoms with Gasteiger partial charge < -0.3 is 5.11 Å². The fourth-order valence-electron chi connectivity index (χ4n) is 4.38. The van der Waals surface area contributed by atoms with Gasteiger partial charge in [0.15, 0.2) is 10.9 Å². The van der Waals surface area contributed by atoms with E-state index in [0.29, 0.717) is 43.7 Å². The Morgan fingerprint density at radius 1 is 0.586 bits per heavy atom. The topological polar surface area (TPSA) is 67.3 Å². The van der Waals surface area contributed by atoms with Gasteiger partial charge in [0.25, 0.3) is 0 Å². The Hall–Kier alpha value is -4.05. The molecule has 0 aliphatic heterocycles. The van der Waals surface area contributed by atoms with Gasteiger partial charge in [-0.25, -0.2) is 4.98 Å². The van der Waals surface area contributed by atoms with Crippen LogP contribution in [0.4, 0.5) is 0 Å². The Morgan fingerprint density at radius 3 is 1.52 bits per heavy atom. The molecule has 1 heterocycles. The zero-order valence-corrected chi connectivity index (χ0v) is 15.1. The Labute approximate surface area is 164 Å². The number of pyridine rings is 1. The SMILES string of the molecule is O=c1c2ccccc2c2nc3c(c(-c4ccc(O)cc4)c12)c(=O)c1ccccc13. The molecule has 0 atom stereocenters. The molecule has 0 saturated heterocycles. The first-order chi connectivity index (χ1) is 14.1. The standard InChI is InChI=1S/C25H13NO3/c27-14-11-9-13(10-12-14)19-20-22(15-5-1-3-7-17(15)24(20)28)26-23-16-6-2-4-8-18(16)25(29)21(19)23/h1-12,27H. The molecule has 1 N–H and O–H groups in total. The van der Waals surface area contributed by atoms with E-state index in [4.69, 9.17) is 4.98 Å². The maximum absolute atomic E-state index is 13.3. The third-order valence-electron chi connectivity index (χ3n) is 5.66. The molecule has 4 heteroatoms. The van der Waals surface area contributed by atoms with Crippen molar-refractivity contribution in [3.63, 3.8) is 0 Å². The van der Waals surface area contributed by atoms with Gasteiger partial charge in [0, 0.05) is 27.1 Å². The van der Waals surface area contributed by atoms with Gasteiger partial charge in [0.2, 0.25) is 0 Å². The van der Waals surface area contributed by atoms with Crippen molar-refractivity contribution in [2.45, 2.75) is 0 Å². The van der Waals surface area contributed by atoms with E-state index in [2.05, 4.69) is 0 Å². The van der Waals surface area contributed by atoms with Crippen molar-refractivity contribution >= 4 is 43.4 Å². The lowest BCUT2D eigenvalue weighted by Crippen LogP contribution is -2.02. The summed E-state index contributed by atoms with van der Waals surface area (Å²) in [6, 6.07) is 21.4. The summed E-state index contributed by atoms with van der Waals surface area (Å²) >= 11 is 0. The van der Waals surface area contributed by atoms with Crippen LogP contribution in [0, 0.1) is 0 Å². The predicted octanol–water partition coefficient (Wildman–Crippen LogP) is 4.66. The Morgan fingerprint density at radius 2 is 1.03 bits per heavy atom. The number of aromatic nitrogens is 1. The number of hydrogen-bond acceptors (Lipinski definition) is 4. The smallest absolute Gasteiger partial charge is 0.196 e. The molecule has 6 rings (SSSR count). The highest BCUT2D eigenvalue weighted by atomic mass is 16.3. The zero-order chi connectivity index (χ0) is 19.7. The summed E-state index contributed by atoms with van der Waals surface area (Å²) in [5, 5.41) is 13.4. The summed E-state index contributed by atoms with van der Waals surface area (Å²) in [6.45, 7) is 0. The van der Waals surface area contributed by atoms with Crippen LogP contribution in [0.1, 0.15) is 0 Å². The molecule has 0 aliphatic rings. The Bertz CT molecular complexity index is 1590. The van der Waals surface area contributed by atoms with E-state index >= 15 is 0 Å². The quantitative estimate of drug-likeness (QED) is 0.454. The van der Waals surface area contributed by atoms with E-state index < -0.39 is 0 Å². The summed E-state index contributed by atoms with van der Waals surface area (Å²) in [5.41, 5.74) is 2.26. The lowest BCUT2D eigenvalue weighted by atomic mass is 9.99. The van der Waals surface area contributed by atoms with Crippen LogP contribution in [-0.2, 0) is 0 Å². The fraction of sp³-hybridized carbons (Fsp3) is 0. The highest BCUT2D eigenvalue weighted by molar-refractivity contribution is 6.24. The van der Waals surface area contributed by atoms with Crippen LogP contribution in [-0.4, -0.2) is 10.1 Å². The zero-order valence-electron chi connectivity index (χ0n) is 15.1. The maximum Gasteiger partial charge on any atom is 0.196 e. The van der Waals surface area contributed by atoms with Crippen molar-refractivity contribution in [2.24, 2.45) is 0 Å². The molecule has 0 bridgehead atoms. The minimum Gasteiger partial charge on any atom is -0.508 e. The number of aromatic hydroxyl groups is 1. The van der Waals surface area contributed by atoms with E-state index in [9.17, 15) is 14.7 Å². The fourth-order valence-corrected chi connectivity index (χ4v) is 4.38. The lowest BCUT2D eigenvalue weighted by Gasteiger charge is -2.06. The van der Waals surface area contributed by atoms with Crippen molar-refractivity contribution in [1.82, 2.24) is 4.98 Å². The van der Waals surface area contributed by atoms with Crippen LogP contribution in [0.5, 0.6) is 5.75 Å². The van der Waals surface area contributed by atoms with Crippen LogP contribution in [0.25, 0.3) is 54.5 Å². The van der Waals surface area contributed by atoms with E-state index in [1.54, 1.807) is 36.4 Å². The van der Waals surface area contributed by atoms with Crippen LogP contribution in [0.2, 0.25) is 0 Å². The third-order valence-corrected chi connectivity index (χ3v) is 5.66. The third kappa shape index (κ3) is 2.00. The number of nitrogens with zero attached hydrogens (tertiary/aromatic N) is 1. The van der Waals surface area contributed by atoms with Crippen molar-refractivity contribution < 1.29 is 5.11 Å². The molecule has 0 amide bonds. The lowest BCUT2D eigenvalue weighted by molar-refractivity contribution is 0.475. The minimum absolute atomic E-state index is 0.125. The second-order valence-electron chi connectivity index (χ2n) is 7.23. The molecular weight excluding hydrogens is 362 g/mol. The van der Waals surface area contributed by atoms with Crippen molar-refractivity contribution in [1.29, 1.82) is 0 Å². The summed E-state index contributed by atoms with van der Waals surface area (Å²) in [6.07, 6.45) is 0. The van der Waals surface area contributed by atoms with Gasteiger partial charge in [-0.05, 0) is 17.7 Å². The molecule has 1 aromatic heterocycles. The van der Waals surface area contributed by atoms with Crippen LogP contribution >= 0.6 is 0 Å². The van der Waals surface area contributed by atoms with Gasteiger partial charge in [-0.15, -0.1) is 0 Å². The van der Waals surface area contributed by atoms with Gasteiger partial charge in [0.1, 0.15) is 5.75 Å². The summed E-state index contributed by atoms with van der Waals surface area (Å²) in [4.78, 5) is 31.5. The first kappa shape index (κ1) is 16.0. The second kappa shape index (κ2) is 5.49.